The number of hydrogen-bond donors (Lipinski definition) is 2. The van der Waals surface area contributed by atoms with Crippen LogP contribution < -0.4 is 15.6 Å². The zero-order valence-electron chi connectivity index (χ0n) is 16.4. The van der Waals surface area contributed by atoms with Gasteiger partial charge in [0.15, 0.2) is 0 Å². The van der Waals surface area contributed by atoms with Gasteiger partial charge < -0.3 is 19.9 Å². The van der Waals surface area contributed by atoms with Crippen LogP contribution in [0.3, 0.4) is 0 Å². The van der Waals surface area contributed by atoms with Crippen molar-refractivity contribution in [3.63, 3.8) is 0 Å². The summed E-state index contributed by atoms with van der Waals surface area (Å²) in [5.41, 5.74) is -0.692. The lowest BCUT2D eigenvalue weighted by molar-refractivity contribution is 0.0694. The highest BCUT2D eigenvalue weighted by molar-refractivity contribution is 6.37. The molecule has 2 N–H and O–H groups in total. The number of nitrogens with one attached hydrogen (secondary N) is 1. The maximum Gasteiger partial charge on any atom is 0.341 e. The number of anilines is 1. The quantitative estimate of drug-likeness (QED) is 0.722. The second-order valence-corrected chi connectivity index (χ2v) is 8.75. The number of likely N-dealkylation sites (N-methyl/N-ethyl adjacent to an activating group) is 1. The standard InChI is InChI=1S/C21H22ClFN4O3/c1-24-15-4-2-3-10-7-26(8-12(10)15)20-17(22)18-11(6-25-20)19(28)13(21(29)30)9-27(18)16-5-14(16)23/h2,4,6,9-10,12,14-16,24H,3,5,7-8H2,1H3,(H,29,30)/t10-,12+,14?,15-,16?/m1/s1. The van der Waals surface area contributed by atoms with Gasteiger partial charge in [-0.2, -0.15) is 0 Å². The summed E-state index contributed by atoms with van der Waals surface area (Å²) in [6, 6.07) is -0.235. The molecule has 0 bridgehead atoms. The first-order valence-corrected chi connectivity index (χ1v) is 10.5. The minimum Gasteiger partial charge on any atom is -0.477 e. The monoisotopic (exact) mass is 432 g/mol. The van der Waals surface area contributed by atoms with E-state index in [-0.39, 0.29) is 22.9 Å². The number of nitrogens with zero attached hydrogens (tertiary/aromatic N) is 3. The van der Waals surface area contributed by atoms with Gasteiger partial charge in [-0.1, -0.05) is 23.8 Å². The average Bonchev–Trinajstić information content (AvgIpc) is 3.29. The Morgan fingerprint density at radius 3 is 2.83 bits per heavy atom. The van der Waals surface area contributed by atoms with E-state index in [0.717, 1.165) is 19.5 Å². The van der Waals surface area contributed by atoms with Crippen LogP contribution in [0.5, 0.6) is 0 Å². The Morgan fingerprint density at radius 1 is 1.40 bits per heavy atom. The van der Waals surface area contributed by atoms with Crippen LogP contribution in [0, 0.1) is 11.8 Å². The van der Waals surface area contributed by atoms with E-state index in [2.05, 4.69) is 27.4 Å². The molecule has 2 aromatic heterocycles. The molecule has 5 atom stereocenters. The van der Waals surface area contributed by atoms with Crippen molar-refractivity contribution in [1.29, 1.82) is 0 Å². The third-order valence-electron chi connectivity index (χ3n) is 6.63. The highest BCUT2D eigenvalue weighted by Crippen LogP contribution is 2.44. The van der Waals surface area contributed by atoms with Crippen molar-refractivity contribution >= 4 is 34.3 Å². The number of aromatic nitrogens is 2. The molecule has 30 heavy (non-hydrogen) atoms. The summed E-state index contributed by atoms with van der Waals surface area (Å²) in [5, 5.41) is 13.1. The SMILES string of the molecule is CN[C@@H]1C=CC[C@@H]2CN(c3ncc4c(=O)c(C(=O)O)cn(C5CC5F)c4c3Cl)C[C@@H]21. The highest BCUT2D eigenvalue weighted by atomic mass is 35.5. The lowest BCUT2D eigenvalue weighted by Gasteiger charge is -2.28. The molecule has 5 rings (SSSR count). The van der Waals surface area contributed by atoms with Crippen molar-refractivity contribution in [1.82, 2.24) is 14.9 Å². The fourth-order valence-electron chi connectivity index (χ4n) is 4.95. The normalized spacial score (nSPS) is 30.0. The zero-order chi connectivity index (χ0) is 21.2. The van der Waals surface area contributed by atoms with Crippen LogP contribution in [0.25, 0.3) is 10.9 Å². The first kappa shape index (κ1) is 19.5. The van der Waals surface area contributed by atoms with Crippen molar-refractivity contribution < 1.29 is 14.3 Å². The largest absolute Gasteiger partial charge is 0.477 e. The number of carboxylic acids is 1. The number of halogens is 2. The molecule has 0 amide bonds. The van der Waals surface area contributed by atoms with Gasteiger partial charge in [-0.05, 0) is 19.4 Å². The third-order valence-corrected chi connectivity index (χ3v) is 6.98. The third kappa shape index (κ3) is 2.93. The van der Waals surface area contributed by atoms with E-state index >= 15 is 0 Å². The summed E-state index contributed by atoms with van der Waals surface area (Å²) in [4.78, 5) is 30.8. The minimum atomic E-state index is -1.35. The van der Waals surface area contributed by atoms with Gasteiger partial charge in [0.05, 0.1) is 16.9 Å². The summed E-state index contributed by atoms with van der Waals surface area (Å²) in [6.07, 6.45) is 7.17. The van der Waals surface area contributed by atoms with Crippen molar-refractivity contribution in [3.05, 3.63) is 45.4 Å². The van der Waals surface area contributed by atoms with Gasteiger partial charge >= 0.3 is 5.97 Å². The Labute approximate surface area is 177 Å². The Kier molecular flexibility index (Phi) is 4.59. The lowest BCUT2D eigenvalue weighted by Crippen LogP contribution is -2.38. The van der Waals surface area contributed by atoms with E-state index in [9.17, 15) is 19.1 Å². The molecule has 1 saturated carbocycles. The lowest BCUT2D eigenvalue weighted by atomic mass is 9.82. The molecule has 2 fully saturated rings. The highest BCUT2D eigenvalue weighted by Gasteiger charge is 2.42. The van der Waals surface area contributed by atoms with Crippen molar-refractivity contribution in [3.8, 4) is 0 Å². The van der Waals surface area contributed by atoms with Gasteiger partial charge in [-0.15, -0.1) is 0 Å². The summed E-state index contributed by atoms with van der Waals surface area (Å²) in [6.45, 7) is 1.56. The molecule has 3 heterocycles. The second kappa shape index (κ2) is 7.06. The number of allylic oxidation sites excluding steroid dienone is 1. The van der Waals surface area contributed by atoms with E-state index in [4.69, 9.17) is 11.6 Å². The number of carboxylic acid groups (broad SMARTS) is 1. The molecule has 3 aliphatic rings. The smallest absolute Gasteiger partial charge is 0.341 e. The molecule has 7 nitrogen and oxygen atoms in total. The van der Waals surface area contributed by atoms with Gasteiger partial charge in [0.2, 0.25) is 5.43 Å². The Bertz CT molecular complexity index is 1130. The fourth-order valence-corrected chi connectivity index (χ4v) is 5.31. The van der Waals surface area contributed by atoms with Crippen molar-refractivity contribution in [2.24, 2.45) is 11.8 Å². The number of alkyl halides is 1. The van der Waals surface area contributed by atoms with Crippen LogP contribution in [0.4, 0.5) is 10.2 Å². The summed E-state index contributed by atoms with van der Waals surface area (Å²) < 4.78 is 15.4. The minimum absolute atomic E-state index is 0.106. The fraction of sp³-hybridized carbons (Fsp3) is 0.476. The van der Waals surface area contributed by atoms with Gasteiger partial charge in [-0.3, -0.25) is 4.79 Å². The first-order chi connectivity index (χ1) is 14.4. The Morgan fingerprint density at radius 2 is 2.17 bits per heavy atom. The maximum absolute atomic E-state index is 13.9. The molecule has 0 radical (unpaired) electrons. The van der Waals surface area contributed by atoms with E-state index in [1.54, 1.807) is 0 Å². The molecule has 2 aromatic rings. The van der Waals surface area contributed by atoms with Crippen LogP contribution >= 0.6 is 11.6 Å². The van der Waals surface area contributed by atoms with Gasteiger partial charge in [-0.25, -0.2) is 14.2 Å². The molecular formula is C21H22ClFN4O3. The second-order valence-electron chi connectivity index (χ2n) is 8.37. The summed E-state index contributed by atoms with van der Waals surface area (Å²) >= 11 is 6.75. The number of fused-ring (bicyclic) bond motifs is 2. The van der Waals surface area contributed by atoms with E-state index in [1.165, 1.54) is 17.0 Å². The number of rotatable bonds is 4. The molecule has 2 unspecified atom stereocenters. The summed E-state index contributed by atoms with van der Waals surface area (Å²) in [7, 11) is 1.95. The van der Waals surface area contributed by atoms with Gasteiger partial charge in [0.1, 0.15) is 22.6 Å². The van der Waals surface area contributed by atoms with Crippen LogP contribution in [0.2, 0.25) is 5.02 Å². The molecule has 2 aliphatic carbocycles. The summed E-state index contributed by atoms with van der Waals surface area (Å²) in [5.74, 6) is 0.0990. The van der Waals surface area contributed by atoms with Crippen LogP contribution in [0.15, 0.2) is 29.3 Å². The molecule has 0 spiro atoms. The number of aromatic carboxylic acids is 1. The average molecular weight is 433 g/mol. The van der Waals surface area contributed by atoms with Crippen LogP contribution in [-0.4, -0.2) is 53.0 Å². The Hall–Kier alpha value is -2.45. The maximum atomic E-state index is 13.9. The molecule has 1 saturated heterocycles. The molecule has 0 aromatic carbocycles. The van der Waals surface area contributed by atoms with Crippen LogP contribution in [-0.2, 0) is 0 Å². The Balaban J connectivity index is 1.62. The zero-order valence-corrected chi connectivity index (χ0v) is 17.1. The van der Waals surface area contributed by atoms with E-state index in [1.807, 2.05) is 7.05 Å². The molecular weight excluding hydrogens is 411 g/mol. The number of pyridine rings is 2. The first-order valence-electron chi connectivity index (χ1n) is 10.1. The predicted molar refractivity (Wildman–Crippen MR) is 112 cm³/mol. The van der Waals surface area contributed by atoms with E-state index in [0.29, 0.717) is 23.2 Å². The molecule has 158 valence electrons. The van der Waals surface area contributed by atoms with Crippen molar-refractivity contribution in [2.75, 3.05) is 25.0 Å². The molecule has 1 aliphatic heterocycles. The predicted octanol–water partition coefficient (Wildman–Crippen LogP) is 2.63. The van der Waals surface area contributed by atoms with Gasteiger partial charge in [0, 0.05) is 43.9 Å². The van der Waals surface area contributed by atoms with Crippen molar-refractivity contribution in [2.45, 2.75) is 31.1 Å². The van der Waals surface area contributed by atoms with E-state index < -0.39 is 29.2 Å². The topological polar surface area (TPSA) is 87.5 Å². The molecule has 9 heteroatoms. The van der Waals surface area contributed by atoms with Gasteiger partial charge in [0.25, 0.3) is 0 Å². The van der Waals surface area contributed by atoms with Crippen LogP contribution in [0.1, 0.15) is 29.2 Å². The number of carbonyl (C=O) groups is 1. The number of hydrogen-bond acceptors (Lipinski definition) is 5.